The molecule has 0 bridgehead atoms. The van der Waals surface area contributed by atoms with Gasteiger partial charge >= 0.3 is 0 Å². The molecule has 3 aliphatic heterocycles. The van der Waals surface area contributed by atoms with Crippen LogP contribution in [0.5, 0.6) is 0 Å². The van der Waals surface area contributed by atoms with Gasteiger partial charge in [0.15, 0.2) is 5.78 Å². The molecular formula is C30H28N2O3S2. The van der Waals surface area contributed by atoms with E-state index in [1.807, 2.05) is 49.4 Å². The molecule has 0 saturated heterocycles. The number of fused-ring (bicyclic) bond motifs is 2. The maximum absolute atomic E-state index is 13.9. The number of nitrogens with zero attached hydrogens (tertiary/aromatic N) is 2. The summed E-state index contributed by atoms with van der Waals surface area (Å²) in [6.45, 7) is 2.79. The Labute approximate surface area is 222 Å². The van der Waals surface area contributed by atoms with Crippen LogP contribution in [0.25, 0.3) is 5.70 Å². The average molecular weight is 529 g/mol. The standard InChI is InChI=1S/C30H28N2O3S2/c1-21-18-23-12-5-6-16-27(23)32(21)37(34,35)25-14-9-13-24(19-25)29(33)26-15-7-8-17-31-28(20-36-30(26)31)22-10-3-2-4-11-22/h2-6,9-14,16,19-21H,7-8,15,17-18H2,1H3. The molecule has 0 amide bonds. The van der Waals surface area contributed by atoms with E-state index in [2.05, 4.69) is 22.4 Å². The Hall–Kier alpha value is -3.29. The van der Waals surface area contributed by atoms with Gasteiger partial charge in [0.1, 0.15) is 0 Å². The largest absolute Gasteiger partial charge is 0.335 e. The van der Waals surface area contributed by atoms with E-state index < -0.39 is 10.0 Å². The van der Waals surface area contributed by atoms with Gasteiger partial charge in [-0.3, -0.25) is 9.10 Å². The van der Waals surface area contributed by atoms with Crippen molar-refractivity contribution in [2.75, 3.05) is 10.8 Å². The van der Waals surface area contributed by atoms with Crippen LogP contribution in [0.3, 0.4) is 0 Å². The van der Waals surface area contributed by atoms with E-state index in [1.165, 1.54) is 4.31 Å². The van der Waals surface area contributed by atoms with E-state index in [1.54, 1.807) is 36.0 Å². The van der Waals surface area contributed by atoms with E-state index in [0.717, 1.165) is 52.5 Å². The van der Waals surface area contributed by atoms with Crippen LogP contribution in [0.4, 0.5) is 5.69 Å². The second kappa shape index (κ2) is 9.54. The molecule has 0 aliphatic carbocycles. The highest BCUT2D eigenvalue weighted by molar-refractivity contribution is 8.06. The number of hydrogen-bond donors (Lipinski definition) is 0. The molecule has 0 spiro atoms. The molecule has 3 heterocycles. The molecule has 0 fully saturated rings. The smallest absolute Gasteiger partial charge is 0.264 e. The summed E-state index contributed by atoms with van der Waals surface area (Å²) < 4.78 is 29.1. The average Bonchev–Trinajstić information content (AvgIpc) is 3.42. The normalized spacial score (nSPS) is 19.4. The van der Waals surface area contributed by atoms with Crippen molar-refractivity contribution in [3.8, 4) is 0 Å². The van der Waals surface area contributed by atoms with Crippen LogP contribution in [0.2, 0.25) is 0 Å². The summed E-state index contributed by atoms with van der Waals surface area (Å²) in [6, 6.07) is 24.2. The first-order valence-electron chi connectivity index (χ1n) is 12.7. The highest BCUT2D eigenvalue weighted by Crippen LogP contribution is 2.44. The van der Waals surface area contributed by atoms with Crippen molar-refractivity contribution in [3.05, 3.63) is 112 Å². The van der Waals surface area contributed by atoms with Gasteiger partial charge in [0, 0.05) is 29.1 Å². The molecular weight excluding hydrogens is 500 g/mol. The maximum Gasteiger partial charge on any atom is 0.264 e. The quantitative estimate of drug-likeness (QED) is 0.356. The molecule has 0 N–H and O–H groups in total. The highest BCUT2D eigenvalue weighted by atomic mass is 32.2. The Morgan fingerprint density at radius 2 is 1.73 bits per heavy atom. The van der Waals surface area contributed by atoms with Crippen molar-refractivity contribution in [2.45, 2.75) is 43.5 Å². The predicted molar refractivity (Wildman–Crippen MR) is 150 cm³/mol. The molecule has 188 valence electrons. The lowest BCUT2D eigenvalue weighted by molar-refractivity contribution is 0.102. The summed E-state index contributed by atoms with van der Waals surface area (Å²) in [7, 11) is -3.82. The monoisotopic (exact) mass is 528 g/mol. The van der Waals surface area contributed by atoms with E-state index >= 15 is 0 Å². The predicted octanol–water partition coefficient (Wildman–Crippen LogP) is 6.45. The molecule has 3 aliphatic rings. The number of rotatable bonds is 5. The molecule has 6 rings (SSSR count). The van der Waals surface area contributed by atoms with Crippen LogP contribution in [-0.2, 0) is 16.4 Å². The third kappa shape index (κ3) is 4.20. The third-order valence-corrected chi connectivity index (χ3v) is 10.2. The number of ketones is 1. The van der Waals surface area contributed by atoms with Crippen LogP contribution in [0.15, 0.2) is 99.8 Å². The van der Waals surface area contributed by atoms with Crippen molar-refractivity contribution < 1.29 is 13.2 Å². The molecule has 7 heteroatoms. The van der Waals surface area contributed by atoms with Crippen molar-refractivity contribution in [1.29, 1.82) is 0 Å². The number of sulfonamides is 1. The highest BCUT2D eigenvalue weighted by Gasteiger charge is 2.36. The number of benzene rings is 3. The fourth-order valence-corrected chi connectivity index (χ4v) is 8.39. The summed E-state index contributed by atoms with van der Waals surface area (Å²) in [5, 5.41) is 3.09. The lowest BCUT2D eigenvalue weighted by Crippen LogP contribution is -2.35. The van der Waals surface area contributed by atoms with Gasteiger partial charge in [0.05, 0.1) is 21.3 Å². The first kappa shape index (κ1) is 24.1. The topological polar surface area (TPSA) is 57.7 Å². The zero-order valence-corrected chi connectivity index (χ0v) is 22.3. The van der Waals surface area contributed by atoms with Crippen LogP contribution in [0, 0.1) is 0 Å². The number of Topliss-reactive ketones (excluding diaryl/α,β-unsaturated/α-hetero) is 1. The molecule has 0 saturated carbocycles. The van der Waals surface area contributed by atoms with E-state index in [9.17, 15) is 13.2 Å². The third-order valence-electron chi connectivity index (χ3n) is 7.28. The molecule has 1 unspecified atom stereocenters. The zero-order chi connectivity index (χ0) is 25.6. The van der Waals surface area contributed by atoms with Crippen molar-refractivity contribution in [1.82, 2.24) is 4.90 Å². The molecule has 37 heavy (non-hydrogen) atoms. The lowest BCUT2D eigenvalue weighted by atomic mass is 10.00. The fourth-order valence-electron chi connectivity index (χ4n) is 5.52. The summed E-state index contributed by atoms with van der Waals surface area (Å²) in [4.78, 5) is 16.3. The number of anilines is 1. The maximum atomic E-state index is 13.9. The minimum absolute atomic E-state index is 0.0935. The van der Waals surface area contributed by atoms with Crippen LogP contribution in [-0.4, -0.2) is 31.7 Å². The van der Waals surface area contributed by atoms with Gasteiger partial charge in [0.2, 0.25) is 0 Å². The minimum atomic E-state index is -3.82. The second-order valence-electron chi connectivity index (χ2n) is 9.72. The molecule has 0 aromatic heterocycles. The number of carbonyl (C=O) groups is 1. The molecule has 3 aromatic carbocycles. The first-order chi connectivity index (χ1) is 17.9. The minimum Gasteiger partial charge on any atom is -0.335 e. The number of para-hydroxylation sites is 1. The Morgan fingerprint density at radius 3 is 2.57 bits per heavy atom. The van der Waals surface area contributed by atoms with Gasteiger partial charge in [0.25, 0.3) is 10.0 Å². The van der Waals surface area contributed by atoms with Gasteiger partial charge in [-0.2, -0.15) is 0 Å². The summed E-state index contributed by atoms with van der Waals surface area (Å²) in [5.41, 5.74) is 5.17. The van der Waals surface area contributed by atoms with Gasteiger partial charge in [-0.1, -0.05) is 72.4 Å². The van der Waals surface area contributed by atoms with Crippen LogP contribution in [0.1, 0.15) is 47.7 Å². The van der Waals surface area contributed by atoms with Crippen molar-refractivity contribution in [2.24, 2.45) is 0 Å². The van der Waals surface area contributed by atoms with Gasteiger partial charge in [-0.05, 0) is 61.9 Å². The summed E-state index contributed by atoms with van der Waals surface area (Å²) in [6.07, 6.45) is 3.27. The van der Waals surface area contributed by atoms with Crippen molar-refractivity contribution >= 4 is 39.0 Å². The van der Waals surface area contributed by atoms with E-state index in [0.29, 0.717) is 18.4 Å². The number of allylic oxidation sites excluding steroid dienone is 1. The molecule has 1 atom stereocenters. The molecule has 3 aromatic rings. The fraction of sp³-hybridized carbons (Fsp3) is 0.233. The first-order valence-corrected chi connectivity index (χ1v) is 15.0. The van der Waals surface area contributed by atoms with E-state index in [-0.39, 0.29) is 16.7 Å². The lowest BCUT2D eigenvalue weighted by Gasteiger charge is -2.25. The zero-order valence-electron chi connectivity index (χ0n) is 20.6. The Balaban J connectivity index is 1.34. The molecule has 0 radical (unpaired) electrons. The van der Waals surface area contributed by atoms with Gasteiger partial charge in [-0.15, -0.1) is 0 Å². The second-order valence-corrected chi connectivity index (χ2v) is 12.4. The summed E-state index contributed by atoms with van der Waals surface area (Å²) in [5.74, 6) is -0.0935. The number of hydrogen-bond acceptors (Lipinski definition) is 5. The van der Waals surface area contributed by atoms with Crippen LogP contribution >= 0.6 is 11.8 Å². The van der Waals surface area contributed by atoms with Gasteiger partial charge < -0.3 is 4.90 Å². The SMILES string of the molecule is CC1Cc2ccccc2N1S(=O)(=O)c1cccc(C(=O)C2=C3SC=C(c4ccccc4)N3CCCC2)c1. The van der Waals surface area contributed by atoms with Crippen LogP contribution < -0.4 is 4.31 Å². The van der Waals surface area contributed by atoms with Gasteiger partial charge in [-0.25, -0.2) is 8.42 Å². The Bertz CT molecular complexity index is 1540. The van der Waals surface area contributed by atoms with Crippen molar-refractivity contribution in [3.63, 3.8) is 0 Å². The van der Waals surface area contributed by atoms with E-state index in [4.69, 9.17) is 0 Å². The Morgan fingerprint density at radius 1 is 0.946 bits per heavy atom. The number of thioether (sulfide) groups is 1. The molecule has 5 nitrogen and oxygen atoms in total. The Kier molecular flexibility index (Phi) is 6.21. The number of carbonyl (C=O) groups excluding carboxylic acids is 1. The summed E-state index contributed by atoms with van der Waals surface area (Å²) >= 11 is 1.59.